The smallest absolute Gasteiger partial charge is 0.247 e. The SMILES string of the molecule is Cc1nnnn1C(Cc1ccc(F)cc1)C(=O)N1CCCN(Cc2ccc(Cl)cc2)CC1. The summed E-state index contributed by atoms with van der Waals surface area (Å²) in [7, 11) is 0. The van der Waals surface area contributed by atoms with Gasteiger partial charge in [0.05, 0.1) is 0 Å². The van der Waals surface area contributed by atoms with E-state index in [1.165, 1.54) is 17.7 Å². The zero-order valence-electron chi connectivity index (χ0n) is 18.0. The molecule has 168 valence electrons. The molecule has 0 radical (unpaired) electrons. The predicted octanol–water partition coefficient (Wildman–Crippen LogP) is 3.29. The lowest BCUT2D eigenvalue weighted by Crippen LogP contribution is -2.41. The van der Waals surface area contributed by atoms with Crippen molar-refractivity contribution in [2.75, 3.05) is 26.2 Å². The Kier molecular flexibility index (Phi) is 7.12. The number of rotatable bonds is 6. The number of aromatic nitrogens is 4. The van der Waals surface area contributed by atoms with Crippen LogP contribution in [0.5, 0.6) is 0 Å². The number of carbonyl (C=O) groups is 1. The molecule has 1 fully saturated rings. The summed E-state index contributed by atoms with van der Waals surface area (Å²) in [5, 5.41) is 12.5. The lowest BCUT2D eigenvalue weighted by Gasteiger charge is -2.27. The van der Waals surface area contributed by atoms with Crippen molar-refractivity contribution in [2.24, 2.45) is 0 Å². The highest BCUT2D eigenvalue weighted by atomic mass is 35.5. The van der Waals surface area contributed by atoms with Gasteiger partial charge in [0.25, 0.3) is 0 Å². The zero-order valence-corrected chi connectivity index (χ0v) is 18.7. The molecule has 0 spiro atoms. The first-order chi connectivity index (χ1) is 15.5. The molecule has 1 unspecified atom stereocenters. The van der Waals surface area contributed by atoms with Gasteiger partial charge in [-0.3, -0.25) is 9.69 Å². The van der Waals surface area contributed by atoms with Crippen LogP contribution < -0.4 is 0 Å². The molecule has 32 heavy (non-hydrogen) atoms. The second kappa shape index (κ2) is 10.2. The van der Waals surface area contributed by atoms with Crippen LogP contribution in [0.4, 0.5) is 4.39 Å². The third kappa shape index (κ3) is 5.49. The third-order valence-electron chi connectivity index (χ3n) is 5.80. The third-order valence-corrected chi connectivity index (χ3v) is 6.05. The van der Waals surface area contributed by atoms with Crippen molar-refractivity contribution in [1.82, 2.24) is 30.0 Å². The van der Waals surface area contributed by atoms with E-state index < -0.39 is 6.04 Å². The second-order valence-electron chi connectivity index (χ2n) is 8.10. The molecule has 3 aromatic rings. The Morgan fingerprint density at radius 1 is 1.03 bits per heavy atom. The molecule has 1 saturated heterocycles. The van der Waals surface area contributed by atoms with E-state index in [1.807, 2.05) is 29.2 Å². The molecule has 0 bridgehead atoms. The molecule has 2 heterocycles. The van der Waals surface area contributed by atoms with Crippen LogP contribution in [0.15, 0.2) is 48.5 Å². The highest BCUT2D eigenvalue weighted by Gasteiger charge is 2.30. The van der Waals surface area contributed by atoms with Gasteiger partial charge in [-0.25, -0.2) is 9.07 Å². The van der Waals surface area contributed by atoms with Crippen LogP contribution in [0.2, 0.25) is 5.02 Å². The Morgan fingerprint density at radius 2 is 1.75 bits per heavy atom. The maximum absolute atomic E-state index is 13.6. The molecule has 1 amide bonds. The molecule has 1 aromatic heterocycles. The number of tetrazole rings is 1. The van der Waals surface area contributed by atoms with Crippen LogP contribution in [-0.4, -0.2) is 62.1 Å². The van der Waals surface area contributed by atoms with E-state index in [4.69, 9.17) is 11.6 Å². The first-order valence-electron chi connectivity index (χ1n) is 10.7. The van der Waals surface area contributed by atoms with Crippen molar-refractivity contribution in [2.45, 2.75) is 32.4 Å². The van der Waals surface area contributed by atoms with Crippen molar-refractivity contribution in [3.8, 4) is 0 Å². The topological polar surface area (TPSA) is 67.2 Å². The molecule has 1 aliphatic heterocycles. The molecule has 1 atom stereocenters. The van der Waals surface area contributed by atoms with Crippen LogP contribution in [0, 0.1) is 12.7 Å². The average Bonchev–Trinajstić information content (AvgIpc) is 3.07. The summed E-state index contributed by atoms with van der Waals surface area (Å²) >= 11 is 5.99. The molecule has 0 aliphatic carbocycles. The Morgan fingerprint density at radius 3 is 2.44 bits per heavy atom. The minimum atomic E-state index is -0.571. The summed E-state index contributed by atoms with van der Waals surface area (Å²) in [5.74, 6) is 0.256. The van der Waals surface area contributed by atoms with Crippen LogP contribution in [-0.2, 0) is 17.8 Å². The Balaban J connectivity index is 1.46. The van der Waals surface area contributed by atoms with Gasteiger partial charge in [-0.2, -0.15) is 0 Å². The standard InChI is InChI=1S/C23H26ClFN6O/c1-17-26-27-28-31(17)22(15-18-5-9-21(25)10-6-18)23(32)30-12-2-11-29(13-14-30)16-19-3-7-20(24)8-4-19/h3-10,22H,2,11-16H2,1H3. The zero-order chi connectivity index (χ0) is 22.5. The molecule has 2 aromatic carbocycles. The Bertz CT molecular complexity index is 1040. The van der Waals surface area contributed by atoms with Gasteiger partial charge >= 0.3 is 0 Å². The first-order valence-corrected chi connectivity index (χ1v) is 11.1. The summed E-state index contributed by atoms with van der Waals surface area (Å²) < 4.78 is 14.9. The van der Waals surface area contributed by atoms with E-state index in [0.29, 0.717) is 25.3 Å². The number of hydrogen-bond donors (Lipinski definition) is 0. The summed E-state index contributed by atoms with van der Waals surface area (Å²) in [6.45, 7) is 5.61. The van der Waals surface area contributed by atoms with Crippen molar-refractivity contribution >= 4 is 17.5 Å². The Labute approximate surface area is 191 Å². The number of benzene rings is 2. The van der Waals surface area contributed by atoms with Crippen LogP contribution in [0.1, 0.15) is 29.4 Å². The van der Waals surface area contributed by atoms with Gasteiger partial charge in [-0.1, -0.05) is 35.9 Å². The molecule has 7 nitrogen and oxygen atoms in total. The van der Waals surface area contributed by atoms with Gasteiger partial charge in [0, 0.05) is 44.2 Å². The van der Waals surface area contributed by atoms with E-state index in [-0.39, 0.29) is 11.7 Å². The number of aryl methyl sites for hydroxylation is 1. The van der Waals surface area contributed by atoms with E-state index >= 15 is 0 Å². The molecular formula is C23H26ClFN6O. The lowest BCUT2D eigenvalue weighted by molar-refractivity contribution is -0.135. The van der Waals surface area contributed by atoms with Gasteiger partial charge in [-0.15, -0.1) is 5.10 Å². The highest BCUT2D eigenvalue weighted by molar-refractivity contribution is 6.30. The predicted molar refractivity (Wildman–Crippen MR) is 120 cm³/mol. The largest absolute Gasteiger partial charge is 0.339 e. The van der Waals surface area contributed by atoms with Crippen molar-refractivity contribution in [3.63, 3.8) is 0 Å². The molecule has 0 saturated carbocycles. The fraction of sp³-hybridized carbons (Fsp3) is 0.391. The van der Waals surface area contributed by atoms with E-state index in [2.05, 4.69) is 20.4 Å². The lowest BCUT2D eigenvalue weighted by atomic mass is 10.0. The van der Waals surface area contributed by atoms with Gasteiger partial charge in [0.2, 0.25) is 5.91 Å². The summed E-state index contributed by atoms with van der Waals surface area (Å²) in [4.78, 5) is 17.8. The minimum absolute atomic E-state index is 0.0157. The van der Waals surface area contributed by atoms with Crippen LogP contribution in [0.25, 0.3) is 0 Å². The van der Waals surface area contributed by atoms with Crippen molar-refractivity contribution < 1.29 is 9.18 Å². The average molecular weight is 457 g/mol. The van der Waals surface area contributed by atoms with E-state index in [1.54, 1.807) is 23.7 Å². The maximum Gasteiger partial charge on any atom is 0.247 e. The molecule has 0 N–H and O–H groups in total. The maximum atomic E-state index is 13.6. The minimum Gasteiger partial charge on any atom is -0.339 e. The van der Waals surface area contributed by atoms with Gasteiger partial charge in [-0.05, 0) is 59.2 Å². The summed E-state index contributed by atoms with van der Waals surface area (Å²) in [6, 6.07) is 13.5. The van der Waals surface area contributed by atoms with Gasteiger partial charge in [0.15, 0.2) is 0 Å². The highest BCUT2D eigenvalue weighted by Crippen LogP contribution is 2.20. The second-order valence-corrected chi connectivity index (χ2v) is 8.53. The monoisotopic (exact) mass is 456 g/mol. The van der Waals surface area contributed by atoms with E-state index in [0.717, 1.165) is 36.6 Å². The molecule has 4 rings (SSSR count). The summed E-state index contributed by atoms with van der Waals surface area (Å²) in [6.07, 6.45) is 1.28. The number of carbonyl (C=O) groups excluding carboxylic acids is 1. The molecule has 1 aliphatic rings. The summed E-state index contributed by atoms with van der Waals surface area (Å²) in [5.41, 5.74) is 2.06. The van der Waals surface area contributed by atoms with E-state index in [9.17, 15) is 9.18 Å². The first kappa shape index (κ1) is 22.4. The molecular weight excluding hydrogens is 431 g/mol. The number of amides is 1. The van der Waals surface area contributed by atoms with Gasteiger partial charge in [0.1, 0.15) is 17.7 Å². The Hall–Kier alpha value is -2.84. The van der Waals surface area contributed by atoms with Crippen LogP contribution >= 0.6 is 11.6 Å². The van der Waals surface area contributed by atoms with Crippen molar-refractivity contribution in [1.29, 1.82) is 0 Å². The quantitative estimate of drug-likeness (QED) is 0.569. The van der Waals surface area contributed by atoms with Crippen LogP contribution in [0.3, 0.4) is 0 Å². The molecule has 9 heteroatoms. The van der Waals surface area contributed by atoms with Crippen molar-refractivity contribution in [3.05, 3.63) is 76.3 Å². The number of nitrogens with zero attached hydrogens (tertiary/aromatic N) is 6. The normalized spacial score (nSPS) is 16.0. The number of hydrogen-bond acceptors (Lipinski definition) is 5. The fourth-order valence-corrected chi connectivity index (χ4v) is 4.18. The number of halogens is 2. The fourth-order valence-electron chi connectivity index (χ4n) is 4.06. The van der Waals surface area contributed by atoms with Gasteiger partial charge < -0.3 is 4.90 Å².